The van der Waals surface area contributed by atoms with Crippen molar-refractivity contribution < 1.29 is 14.3 Å². The molecule has 0 radical (unpaired) electrons. The largest absolute Gasteiger partial charge is 0.447 e. The molecule has 6 heteroatoms. The number of benzene rings is 2. The van der Waals surface area contributed by atoms with Crippen LogP contribution in [-0.4, -0.2) is 30.1 Å². The molecule has 0 bridgehead atoms. The first-order chi connectivity index (χ1) is 13.5. The molecule has 0 aliphatic carbocycles. The summed E-state index contributed by atoms with van der Waals surface area (Å²) >= 11 is 0. The SMILES string of the molecule is Cc1nc2ccccc2c(C)c1CC(=O)Nc1ccccc1N1CCOC1=O. The lowest BCUT2D eigenvalue weighted by molar-refractivity contribution is -0.115. The Morgan fingerprint density at radius 2 is 1.89 bits per heavy atom. The number of rotatable bonds is 4. The molecule has 142 valence electrons. The second-order valence-electron chi connectivity index (χ2n) is 6.83. The van der Waals surface area contributed by atoms with Gasteiger partial charge in [0.1, 0.15) is 6.61 Å². The maximum absolute atomic E-state index is 12.8. The zero-order valence-electron chi connectivity index (χ0n) is 15.9. The molecule has 2 aromatic carbocycles. The molecule has 1 N–H and O–H groups in total. The van der Waals surface area contributed by atoms with Crippen LogP contribution in [-0.2, 0) is 16.0 Å². The second-order valence-corrected chi connectivity index (χ2v) is 6.83. The fourth-order valence-electron chi connectivity index (χ4n) is 3.61. The van der Waals surface area contributed by atoms with Crippen LogP contribution in [0.4, 0.5) is 16.2 Å². The number of aromatic nitrogens is 1. The molecule has 0 saturated carbocycles. The maximum atomic E-state index is 12.8. The summed E-state index contributed by atoms with van der Waals surface area (Å²) in [4.78, 5) is 30.9. The van der Waals surface area contributed by atoms with Crippen LogP contribution < -0.4 is 10.2 Å². The van der Waals surface area contributed by atoms with Crippen molar-refractivity contribution >= 4 is 34.3 Å². The van der Waals surface area contributed by atoms with Gasteiger partial charge in [-0.15, -0.1) is 0 Å². The molecular weight excluding hydrogens is 354 g/mol. The molecule has 3 aromatic rings. The highest BCUT2D eigenvalue weighted by Crippen LogP contribution is 2.29. The molecule has 1 fully saturated rings. The van der Waals surface area contributed by atoms with Gasteiger partial charge in [0.2, 0.25) is 5.91 Å². The topological polar surface area (TPSA) is 71.5 Å². The van der Waals surface area contributed by atoms with Gasteiger partial charge < -0.3 is 10.1 Å². The number of nitrogens with zero attached hydrogens (tertiary/aromatic N) is 2. The summed E-state index contributed by atoms with van der Waals surface area (Å²) in [6.45, 7) is 4.77. The molecule has 0 unspecified atom stereocenters. The molecule has 0 atom stereocenters. The average molecular weight is 375 g/mol. The summed E-state index contributed by atoms with van der Waals surface area (Å²) < 4.78 is 5.01. The number of carbonyl (C=O) groups is 2. The molecule has 4 rings (SSSR count). The molecule has 28 heavy (non-hydrogen) atoms. The van der Waals surface area contributed by atoms with Crippen molar-refractivity contribution in [3.8, 4) is 0 Å². The lowest BCUT2D eigenvalue weighted by atomic mass is 9.99. The number of cyclic esters (lactones) is 1. The van der Waals surface area contributed by atoms with Crippen LogP contribution in [0.15, 0.2) is 48.5 Å². The smallest absolute Gasteiger partial charge is 0.414 e. The Labute approximate surface area is 163 Å². The highest BCUT2D eigenvalue weighted by Gasteiger charge is 2.26. The first-order valence-corrected chi connectivity index (χ1v) is 9.22. The minimum Gasteiger partial charge on any atom is -0.447 e. The Bertz CT molecular complexity index is 1080. The number of para-hydroxylation sites is 3. The van der Waals surface area contributed by atoms with Gasteiger partial charge in [0.25, 0.3) is 0 Å². The van der Waals surface area contributed by atoms with Gasteiger partial charge in [-0.1, -0.05) is 30.3 Å². The number of pyridine rings is 1. The van der Waals surface area contributed by atoms with Gasteiger partial charge >= 0.3 is 6.09 Å². The number of nitrogens with one attached hydrogen (secondary N) is 1. The molecule has 2 heterocycles. The first-order valence-electron chi connectivity index (χ1n) is 9.22. The van der Waals surface area contributed by atoms with Gasteiger partial charge in [0.05, 0.1) is 29.9 Å². The summed E-state index contributed by atoms with van der Waals surface area (Å²) in [6, 6.07) is 15.2. The van der Waals surface area contributed by atoms with E-state index in [1.807, 2.05) is 50.2 Å². The third-order valence-corrected chi connectivity index (χ3v) is 5.05. The van der Waals surface area contributed by atoms with E-state index in [0.29, 0.717) is 24.5 Å². The van der Waals surface area contributed by atoms with Gasteiger partial charge in [-0.3, -0.25) is 14.7 Å². The lowest BCUT2D eigenvalue weighted by Gasteiger charge is -2.18. The fraction of sp³-hybridized carbons (Fsp3) is 0.227. The van der Waals surface area contributed by atoms with Crippen molar-refractivity contribution in [1.82, 2.24) is 4.98 Å². The van der Waals surface area contributed by atoms with Crippen LogP contribution >= 0.6 is 0 Å². The van der Waals surface area contributed by atoms with Crippen molar-refractivity contribution in [2.45, 2.75) is 20.3 Å². The first kappa shape index (κ1) is 18.0. The standard InChI is InChI=1S/C22H21N3O3/c1-14-16-7-3-4-8-18(16)23-15(2)17(14)13-21(26)24-19-9-5-6-10-20(19)25-11-12-28-22(25)27/h3-10H,11-13H2,1-2H3,(H,24,26). The summed E-state index contributed by atoms with van der Waals surface area (Å²) in [5.41, 5.74) is 5.00. The minimum atomic E-state index is -0.396. The van der Waals surface area contributed by atoms with Crippen LogP contribution in [0.3, 0.4) is 0 Å². The summed E-state index contributed by atoms with van der Waals surface area (Å²) in [5, 5.41) is 3.99. The molecule has 1 aromatic heterocycles. The summed E-state index contributed by atoms with van der Waals surface area (Å²) in [6.07, 6.45) is -0.180. The molecule has 0 spiro atoms. The molecule has 1 saturated heterocycles. The summed E-state index contributed by atoms with van der Waals surface area (Å²) in [5.74, 6) is -0.150. The van der Waals surface area contributed by atoms with Crippen molar-refractivity contribution in [2.75, 3.05) is 23.4 Å². The maximum Gasteiger partial charge on any atom is 0.414 e. The molecule has 1 aliphatic rings. The Hall–Kier alpha value is -3.41. The van der Waals surface area contributed by atoms with E-state index < -0.39 is 6.09 Å². The number of hydrogen-bond donors (Lipinski definition) is 1. The third kappa shape index (κ3) is 3.29. The highest BCUT2D eigenvalue weighted by atomic mass is 16.6. The predicted octanol–water partition coefficient (Wildman–Crippen LogP) is 3.99. The molecule has 1 aliphatic heterocycles. The van der Waals surface area contributed by atoms with E-state index >= 15 is 0 Å². The number of hydrogen-bond acceptors (Lipinski definition) is 4. The average Bonchev–Trinajstić information content (AvgIpc) is 3.11. The normalized spacial score (nSPS) is 13.6. The van der Waals surface area contributed by atoms with E-state index in [2.05, 4.69) is 10.3 Å². The lowest BCUT2D eigenvalue weighted by Crippen LogP contribution is -2.25. The number of fused-ring (bicyclic) bond motifs is 1. The summed E-state index contributed by atoms with van der Waals surface area (Å²) in [7, 11) is 0. The van der Waals surface area contributed by atoms with Crippen LogP contribution in [0.1, 0.15) is 16.8 Å². The number of anilines is 2. The number of aryl methyl sites for hydroxylation is 2. The van der Waals surface area contributed by atoms with Gasteiger partial charge in [-0.05, 0) is 43.2 Å². The van der Waals surface area contributed by atoms with E-state index in [4.69, 9.17) is 4.74 Å². The minimum absolute atomic E-state index is 0.150. The zero-order valence-corrected chi connectivity index (χ0v) is 15.9. The number of amides is 2. The Morgan fingerprint density at radius 1 is 1.14 bits per heavy atom. The van der Waals surface area contributed by atoms with Crippen LogP contribution in [0.25, 0.3) is 10.9 Å². The fourth-order valence-corrected chi connectivity index (χ4v) is 3.61. The molecular formula is C22H21N3O3. The Kier molecular flexibility index (Phi) is 4.69. The van der Waals surface area contributed by atoms with E-state index in [1.165, 1.54) is 4.90 Å². The van der Waals surface area contributed by atoms with E-state index in [-0.39, 0.29) is 12.3 Å². The monoisotopic (exact) mass is 375 g/mol. The van der Waals surface area contributed by atoms with Crippen molar-refractivity contribution in [1.29, 1.82) is 0 Å². The van der Waals surface area contributed by atoms with Crippen molar-refractivity contribution in [2.24, 2.45) is 0 Å². The Morgan fingerprint density at radius 3 is 2.68 bits per heavy atom. The van der Waals surface area contributed by atoms with Crippen molar-refractivity contribution in [3.05, 3.63) is 65.4 Å². The predicted molar refractivity (Wildman–Crippen MR) is 109 cm³/mol. The van der Waals surface area contributed by atoms with Crippen LogP contribution in [0.2, 0.25) is 0 Å². The van der Waals surface area contributed by atoms with Crippen LogP contribution in [0, 0.1) is 13.8 Å². The zero-order chi connectivity index (χ0) is 19.7. The quantitative estimate of drug-likeness (QED) is 0.748. The van der Waals surface area contributed by atoms with Gasteiger partial charge in [-0.25, -0.2) is 4.79 Å². The van der Waals surface area contributed by atoms with Gasteiger partial charge in [0.15, 0.2) is 0 Å². The van der Waals surface area contributed by atoms with Gasteiger partial charge in [-0.2, -0.15) is 0 Å². The van der Waals surface area contributed by atoms with Gasteiger partial charge in [0, 0.05) is 11.1 Å². The van der Waals surface area contributed by atoms with E-state index in [9.17, 15) is 9.59 Å². The Balaban J connectivity index is 1.60. The molecule has 6 nitrogen and oxygen atoms in total. The van der Waals surface area contributed by atoms with E-state index in [0.717, 1.165) is 27.7 Å². The van der Waals surface area contributed by atoms with E-state index in [1.54, 1.807) is 12.1 Å². The van der Waals surface area contributed by atoms with Crippen LogP contribution in [0.5, 0.6) is 0 Å². The molecule has 2 amide bonds. The second kappa shape index (κ2) is 7.31. The van der Waals surface area contributed by atoms with Crippen molar-refractivity contribution in [3.63, 3.8) is 0 Å². The number of carbonyl (C=O) groups excluding carboxylic acids is 2. The number of ether oxygens (including phenoxy) is 1. The highest BCUT2D eigenvalue weighted by molar-refractivity contribution is 6.00. The third-order valence-electron chi connectivity index (χ3n) is 5.05.